The van der Waals surface area contributed by atoms with Crippen LogP contribution in [0.2, 0.25) is 0 Å². The van der Waals surface area contributed by atoms with Crippen LogP contribution in [0.5, 0.6) is 0 Å². The quantitative estimate of drug-likeness (QED) is 0.241. The minimum Gasteiger partial charge on any atom is -0.375 e. The van der Waals surface area contributed by atoms with E-state index in [1.807, 2.05) is 0 Å². The average Bonchev–Trinajstić information content (AvgIpc) is 2.58. The van der Waals surface area contributed by atoms with Gasteiger partial charge in [0.15, 0.2) is 5.76 Å². The number of allylic oxidation sites excluding steroid dienone is 1. The maximum absolute atomic E-state index is 12.6. The fourth-order valence-electron chi connectivity index (χ4n) is 2.13. The van der Waals surface area contributed by atoms with Crippen LogP contribution < -0.4 is 0 Å². The summed E-state index contributed by atoms with van der Waals surface area (Å²) < 4.78 is 102. The van der Waals surface area contributed by atoms with Gasteiger partial charge in [0.2, 0.25) is 0 Å². The first-order valence-corrected chi connectivity index (χ1v) is 9.66. The highest BCUT2D eigenvalue weighted by Crippen LogP contribution is 2.41. The summed E-state index contributed by atoms with van der Waals surface area (Å²) in [4.78, 5) is -0.784. The minimum atomic E-state index is -6.15. The Kier molecular flexibility index (Phi) is 6.39. The summed E-state index contributed by atoms with van der Waals surface area (Å²) in [5.41, 5.74) is -9.49. The molecule has 28 heavy (non-hydrogen) atoms. The molecule has 0 heterocycles. The lowest BCUT2D eigenvalue weighted by molar-refractivity contribution is -0.0509. The standard InChI is InChI=1S/C17H12F6O3S2/c1-11(27-16(18,19)20)15(26-28(24,25)17(21,22)23)14-9-7-13(8-10-14)12-5-3-2-4-6-12/h2-10H,1H3/b15-11+. The zero-order chi connectivity index (χ0) is 21.2. The smallest absolute Gasteiger partial charge is 0.375 e. The summed E-state index contributed by atoms with van der Waals surface area (Å²) in [5, 5.41) is 0. The lowest BCUT2D eigenvalue weighted by atomic mass is 10.0. The molecule has 0 aromatic heterocycles. The molecule has 152 valence electrons. The molecule has 0 fully saturated rings. The number of benzene rings is 2. The molecule has 0 amide bonds. The molecule has 2 aromatic rings. The Labute approximate surface area is 161 Å². The number of thioether (sulfide) groups is 1. The number of halogens is 6. The van der Waals surface area contributed by atoms with E-state index in [4.69, 9.17) is 0 Å². The van der Waals surface area contributed by atoms with E-state index in [9.17, 15) is 34.8 Å². The highest BCUT2D eigenvalue weighted by molar-refractivity contribution is 8.04. The molecule has 0 atom stereocenters. The molecule has 0 aliphatic rings. The fourth-order valence-corrected chi connectivity index (χ4v) is 3.32. The van der Waals surface area contributed by atoms with Gasteiger partial charge < -0.3 is 4.18 Å². The Hall–Kier alpha value is -2.14. The van der Waals surface area contributed by atoms with Crippen LogP contribution in [-0.4, -0.2) is 19.4 Å². The van der Waals surface area contributed by atoms with Gasteiger partial charge in [0, 0.05) is 10.5 Å². The topological polar surface area (TPSA) is 43.4 Å². The SMILES string of the molecule is C/C(SC(F)(F)F)=C(\OS(=O)(=O)C(F)(F)F)c1ccc(-c2ccccc2)cc1. The number of hydrogen-bond acceptors (Lipinski definition) is 4. The van der Waals surface area contributed by atoms with Crippen molar-refractivity contribution in [1.29, 1.82) is 0 Å². The summed E-state index contributed by atoms with van der Waals surface area (Å²) in [7, 11) is -6.15. The van der Waals surface area contributed by atoms with Crippen molar-refractivity contribution in [3.05, 3.63) is 65.1 Å². The molecule has 11 heteroatoms. The maximum Gasteiger partial charge on any atom is 0.534 e. The summed E-state index contributed by atoms with van der Waals surface area (Å²) >= 11 is -0.766. The molecule has 0 aliphatic heterocycles. The molecule has 2 rings (SSSR count). The van der Waals surface area contributed by atoms with Crippen LogP contribution in [0.4, 0.5) is 26.3 Å². The van der Waals surface area contributed by atoms with Crippen molar-refractivity contribution in [3.63, 3.8) is 0 Å². The van der Waals surface area contributed by atoms with Gasteiger partial charge in [0.25, 0.3) is 0 Å². The monoisotopic (exact) mass is 442 g/mol. The molecule has 0 N–H and O–H groups in total. The van der Waals surface area contributed by atoms with Crippen molar-refractivity contribution < 1.29 is 38.9 Å². The van der Waals surface area contributed by atoms with Gasteiger partial charge in [0.05, 0.1) is 0 Å². The molecule has 0 bridgehead atoms. The fraction of sp³-hybridized carbons (Fsp3) is 0.176. The molecule has 0 saturated carbocycles. The van der Waals surface area contributed by atoms with Crippen molar-refractivity contribution in [2.45, 2.75) is 17.9 Å². The van der Waals surface area contributed by atoms with Crippen LogP contribution >= 0.6 is 11.8 Å². The lowest BCUT2D eigenvalue weighted by Gasteiger charge is -2.16. The van der Waals surface area contributed by atoms with Crippen LogP contribution in [0.1, 0.15) is 12.5 Å². The number of hydrogen-bond donors (Lipinski definition) is 0. The van der Waals surface area contributed by atoms with Crippen molar-refractivity contribution in [1.82, 2.24) is 0 Å². The zero-order valence-electron chi connectivity index (χ0n) is 14.0. The molecule has 2 aromatic carbocycles. The zero-order valence-corrected chi connectivity index (χ0v) is 15.6. The molecule has 0 unspecified atom stereocenters. The lowest BCUT2D eigenvalue weighted by Crippen LogP contribution is -2.25. The van der Waals surface area contributed by atoms with Gasteiger partial charge in [0.1, 0.15) is 0 Å². The molecular formula is C17H12F6O3S2. The van der Waals surface area contributed by atoms with E-state index in [1.165, 1.54) is 24.3 Å². The Morgan fingerprint density at radius 3 is 1.82 bits per heavy atom. The summed E-state index contributed by atoms with van der Waals surface area (Å²) in [6.45, 7) is 0.824. The van der Waals surface area contributed by atoms with Gasteiger partial charge in [-0.15, -0.1) is 0 Å². The van der Waals surface area contributed by atoms with Gasteiger partial charge in [-0.3, -0.25) is 0 Å². The third-order valence-corrected chi connectivity index (χ3v) is 5.00. The van der Waals surface area contributed by atoms with Crippen molar-refractivity contribution in [2.75, 3.05) is 0 Å². The van der Waals surface area contributed by atoms with E-state index in [-0.39, 0.29) is 5.56 Å². The second-order valence-corrected chi connectivity index (χ2v) is 8.18. The van der Waals surface area contributed by atoms with E-state index in [0.29, 0.717) is 5.56 Å². The summed E-state index contributed by atoms with van der Waals surface area (Å²) in [6, 6.07) is 14.0. The maximum atomic E-state index is 12.6. The predicted octanol–water partition coefficient (Wildman–Crippen LogP) is 6.16. The van der Waals surface area contributed by atoms with Gasteiger partial charge >= 0.3 is 21.1 Å². The second-order valence-electron chi connectivity index (χ2n) is 5.36. The first-order valence-electron chi connectivity index (χ1n) is 7.43. The third-order valence-electron chi connectivity index (χ3n) is 3.32. The Morgan fingerprint density at radius 1 is 0.857 bits per heavy atom. The van der Waals surface area contributed by atoms with E-state index in [2.05, 4.69) is 4.18 Å². The van der Waals surface area contributed by atoms with Crippen molar-refractivity contribution in [3.8, 4) is 11.1 Å². The van der Waals surface area contributed by atoms with Gasteiger partial charge in [-0.1, -0.05) is 54.6 Å². The van der Waals surface area contributed by atoms with Crippen molar-refractivity contribution >= 4 is 27.6 Å². The molecule has 0 radical (unpaired) electrons. The van der Waals surface area contributed by atoms with Gasteiger partial charge in [-0.25, -0.2) is 0 Å². The van der Waals surface area contributed by atoms with E-state index < -0.39 is 43.6 Å². The Morgan fingerprint density at radius 2 is 1.36 bits per heavy atom. The van der Waals surface area contributed by atoms with E-state index in [0.717, 1.165) is 12.5 Å². The van der Waals surface area contributed by atoms with Crippen LogP contribution in [0.15, 0.2) is 59.5 Å². The predicted molar refractivity (Wildman–Crippen MR) is 94.2 cm³/mol. The minimum absolute atomic E-state index is 0.248. The first-order chi connectivity index (χ1) is 12.8. The number of alkyl halides is 6. The molecule has 0 saturated heterocycles. The van der Waals surface area contributed by atoms with E-state index >= 15 is 0 Å². The third kappa shape index (κ3) is 5.68. The first kappa shape index (κ1) is 22.2. The molecule has 0 spiro atoms. The van der Waals surface area contributed by atoms with Crippen LogP contribution in [0.25, 0.3) is 16.9 Å². The second kappa shape index (κ2) is 8.08. The normalized spacial score (nSPS) is 13.8. The Balaban J connectivity index is 2.49. The highest BCUT2D eigenvalue weighted by Gasteiger charge is 2.49. The van der Waals surface area contributed by atoms with Crippen molar-refractivity contribution in [2.24, 2.45) is 0 Å². The average molecular weight is 442 g/mol. The number of rotatable bonds is 5. The molecule has 3 nitrogen and oxygen atoms in total. The van der Waals surface area contributed by atoms with Crippen LogP contribution in [0.3, 0.4) is 0 Å². The molecule has 0 aliphatic carbocycles. The summed E-state index contributed by atoms with van der Waals surface area (Å²) in [5.74, 6) is -1.04. The highest BCUT2D eigenvalue weighted by atomic mass is 32.2. The summed E-state index contributed by atoms with van der Waals surface area (Å²) in [6.07, 6.45) is 0. The van der Waals surface area contributed by atoms with Crippen LogP contribution in [0, 0.1) is 0 Å². The molecular weight excluding hydrogens is 430 g/mol. The van der Waals surface area contributed by atoms with Crippen LogP contribution in [-0.2, 0) is 14.3 Å². The Bertz CT molecular complexity index is 947. The van der Waals surface area contributed by atoms with Gasteiger partial charge in [-0.05, 0) is 29.8 Å². The van der Waals surface area contributed by atoms with Gasteiger partial charge in [-0.2, -0.15) is 34.8 Å². The van der Waals surface area contributed by atoms with E-state index in [1.54, 1.807) is 30.3 Å². The largest absolute Gasteiger partial charge is 0.534 e.